The van der Waals surface area contributed by atoms with Crippen LogP contribution in [0.1, 0.15) is 40.5 Å². The Morgan fingerprint density at radius 2 is 1.89 bits per heavy atom. The summed E-state index contributed by atoms with van der Waals surface area (Å²) in [6.07, 6.45) is 2.73. The zero-order chi connectivity index (χ0) is 13.5. The first kappa shape index (κ1) is 19.0. The monoisotopic (exact) mass is 382 g/mol. The number of guanidine groups is 1. The van der Waals surface area contributed by atoms with Crippen LogP contribution in [0.15, 0.2) is 4.99 Å². The summed E-state index contributed by atoms with van der Waals surface area (Å²) in [4.78, 5) is 7.05. The molecule has 0 bridgehead atoms. The summed E-state index contributed by atoms with van der Waals surface area (Å²) >= 11 is 0. The van der Waals surface area contributed by atoms with E-state index in [2.05, 4.69) is 55.3 Å². The average Bonchev–Trinajstić information content (AvgIpc) is 3.15. The summed E-state index contributed by atoms with van der Waals surface area (Å²) in [6.45, 7) is 11.5. The molecule has 1 saturated carbocycles. The van der Waals surface area contributed by atoms with Crippen LogP contribution >= 0.6 is 24.0 Å². The molecule has 0 amide bonds. The van der Waals surface area contributed by atoms with Crippen LogP contribution in [0.5, 0.6) is 0 Å². The second-order valence-electron chi connectivity index (χ2n) is 5.74. The molecule has 1 fully saturated rings. The highest BCUT2D eigenvalue weighted by Gasteiger charge is 2.28. The van der Waals surface area contributed by atoms with Crippen molar-refractivity contribution in [2.45, 2.75) is 52.6 Å². The van der Waals surface area contributed by atoms with Gasteiger partial charge in [0.2, 0.25) is 0 Å². The van der Waals surface area contributed by atoms with E-state index in [1.54, 1.807) is 0 Å². The Morgan fingerprint density at radius 1 is 1.26 bits per heavy atom. The van der Waals surface area contributed by atoms with Gasteiger partial charge in [-0.1, -0.05) is 13.8 Å². The lowest BCUT2D eigenvalue weighted by Gasteiger charge is -2.25. The Labute approximate surface area is 135 Å². The molecule has 1 aliphatic rings. The third-order valence-corrected chi connectivity index (χ3v) is 3.34. The third-order valence-electron chi connectivity index (χ3n) is 3.34. The molecule has 1 rings (SSSR count). The van der Waals surface area contributed by atoms with Crippen molar-refractivity contribution in [1.29, 1.82) is 0 Å². The molecule has 1 aliphatic carbocycles. The molecule has 0 heterocycles. The minimum atomic E-state index is 0. The molecule has 0 saturated heterocycles. The van der Waals surface area contributed by atoms with Gasteiger partial charge in [-0.05, 0) is 39.7 Å². The van der Waals surface area contributed by atoms with E-state index < -0.39 is 0 Å². The Hall–Kier alpha value is -0.0400. The van der Waals surface area contributed by atoms with Crippen molar-refractivity contribution in [3.05, 3.63) is 0 Å². The molecule has 0 aromatic rings. The first-order chi connectivity index (χ1) is 8.54. The van der Waals surface area contributed by atoms with Crippen molar-refractivity contribution in [3.8, 4) is 0 Å². The molecule has 0 radical (unpaired) electrons. The van der Waals surface area contributed by atoms with Crippen molar-refractivity contribution in [2.24, 2.45) is 10.9 Å². The lowest BCUT2D eigenvalue weighted by molar-refractivity contribution is 0.247. The van der Waals surface area contributed by atoms with E-state index in [0.29, 0.717) is 12.0 Å². The summed E-state index contributed by atoms with van der Waals surface area (Å²) in [7, 11) is 2.22. The first-order valence-electron chi connectivity index (χ1n) is 7.28. The number of aliphatic imine (C=N–C) groups is 1. The molecule has 0 aliphatic heterocycles. The predicted octanol–water partition coefficient (Wildman–Crippen LogP) is 2.30. The Bertz CT molecular complexity index is 264. The second kappa shape index (κ2) is 9.80. The van der Waals surface area contributed by atoms with E-state index in [1.807, 2.05) is 0 Å². The SMILES string of the molecule is CCNC(=NCC(C)C)NCC(C)N(C)C1CC1.I. The number of halogens is 1. The van der Waals surface area contributed by atoms with Gasteiger partial charge in [0.1, 0.15) is 0 Å². The highest BCUT2D eigenvalue weighted by molar-refractivity contribution is 14.0. The smallest absolute Gasteiger partial charge is 0.191 e. The standard InChI is InChI=1S/C14H30N4.HI/c1-6-15-14(16-9-11(2)3)17-10-12(4)18(5)13-7-8-13;/h11-13H,6-10H2,1-5H3,(H2,15,16,17);1H. The quantitative estimate of drug-likeness (QED) is 0.403. The van der Waals surface area contributed by atoms with Crippen molar-refractivity contribution < 1.29 is 0 Å². The maximum atomic E-state index is 4.58. The van der Waals surface area contributed by atoms with Gasteiger partial charge in [0.15, 0.2) is 5.96 Å². The summed E-state index contributed by atoms with van der Waals surface area (Å²) in [6, 6.07) is 1.37. The lowest BCUT2D eigenvalue weighted by atomic mass is 10.2. The van der Waals surface area contributed by atoms with E-state index >= 15 is 0 Å². The second-order valence-corrected chi connectivity index (χ2v) is 5.74. The zero-order valence-electron chi connectivity index (χ0n) is 13.1. The Kier molecular flexibility index (Phi) is 9.78. The van der Waals surface area contributed by atoms with Crippen molar-refractivity contribution in [2.75, 3.05) is 26.7 Å². The van der Waals surface area contributed by atoms with Gasteiger partial charge in [0, 0.05) is 31.7 Å². The van der Waals surface area contributed by atoms with Crippen LogP contribution in [0.4, 0.5) is 0 Å². The van der Waals surface area contributed by atoms with Crippen LogP contribution in [-0.4, -0.2) is 49.6 Å². The van der Waals surface area contributed by atoms with Crippen LogP contribution in [0.25, 0.3) is 0 Å². The van der Waals surface area contributed by atoms with E-state index in [0.717, 1.165) is 31.6 Å². The summed E-state index contributed by atoms with van der Waals surface area (Å²) in [5.74, 6) is 1.55. The average molecular weight is 382 g/mol. The number of likely N-dealkylation sites (N-methyl/N-ethyl adjacent to an activating group) is 1. The van der Waals surface area contributed by atoms with Crippen molar-refractivity contribution in [1.82, 2.24) is 15.5 Å². The summed E-state index contributed by atoms with van der Waals surface area (Å²) < 4.78 is 0. The van der Waals surface area contributed by atoms with E-state index in [4.69, 9.17) is 0 Å². The molecule has 114 valence electrons. The molecule has 1 unspecified atom stereocenters. The summed E-state index contributed by atoms with van der Waals surface area (Å²) in [5.41, 5.74) is 0. The predicted molar refractivity (Wildman–Crippen MR) is 94.5 cm³/mol. The van der Waals surface area contributed by atoms with Gasteiger partial charge in [-0.2, -0.15) is 0 Å². The van der Waals surface area contributed by atoms with E-state index in [-0.39, 0.29) is 24.0 Å². The number of rotatable bonds is 7. The zero-order valence-corrected chi connectivity index (χ0v) is 15.4. The number of nitrogens with zero attached hydrogens (tertiary/aromatic N) is 2. The minimum Gasteiger partial charge on any atom is -0.357 e. The van der Waals surface area contributed by atoms with Gasteiger partial charge in [0.05, 0.1) is 0 Å². The van der Waals surface area contributed by atoms with Gasteiger partial charge in [0.25, 0.3) is 0 Å². The molecule has 19 heavy (non-hydrogen) atoms. The number of hydrogen-bond donors (Lipinski definition) is 2. The minimum absolute atomic E-state index is 0. The maximum absolute atomic E-state index is 4.58. The molecule has 5 heteroatoms. The Balaban J connectivity index is 0.00000324. The van der Waals surface area contributed by atoms with Gasteiger partial charge >= 0.3 is 0 Å². The van der Waals surface area contributed by atoms with Crippen LogP contribution < -0.4 is 10.6 Å². The van der Waals surface area contributed by atoms with E-state index in [1.165, 1.54) is 12.8 Å². The topological polar surface area (TPSA) is 39.7 Å². The highest BCUT2D eigenvalue weighted by atomic mass is 127. The fourth-order valence-corrected chi connectivity index (χ4v) is 1.85. The molecule has 2 N–H and O–H groups in total. The Morgan fingerprint density at radius 3 is 2.37 bits per heavy atom. The van der Waals surface area contributed by atoms with Crippen LogP contribution in [0, 0.1) is 5.92 Å². The summed E-state index contributed by atoms with van der Waals surface area (Å²) in [5, 5.41) is 6.73. The lowest BCUT2D eigenvalue weighted by Crippen LogP contribution is -2.45. The molecule has 0 aromatic heterocycles. The van der Waals surface area contributed by atoms with Gasteiger partial charge in [-0.3, -0.25) is 9.89 Å². The largest absolute Gasteiger partial charge is 0.357 e. The van der Waals surface area contributed by atoms with E-state index in [9.17, 15) is 0 Å². The molecule has 0 spiro atoms. The normalized spacial score (nSPS) is 17.3. The fourth-order valence-electron chi connectivity index (χ4n) is 1.85. The molecule has 0 aromatic carbocycles. The van der Waals surface area contributed by atoms with Crippen LogP contribution in [-0.2, 0) is 0 Å². The van der Waals surface area contributed by atoms with Crippen LogP contribution in [0.3, 0.4) is 0 Å². The molecule has 4 nitrogen and oxygen atoms in total. The van der Waals surface area contributed by atoms with Gasteiger partial charge in [-0.15, -0.1) is 24.0 Å². The van der Waals surface area contributed by atoms with Crippen molar-refractivity contribution >= 4 is 29.9 Å². The third kappa shape index (κ3) is 7.97. The number of nitrogens with one attached hydrogen (secondary N) is 2. The van der Waals surface area contributed by atoms with Crippen LogP contribution in [0.2, 0.25) is 0 Å². The molecule has 1 atom stereocenters. The highest BCUT2D eigenvalue weighted by Crippen LogP contribution is 2.26. The van der Waals surface area contributed by atoms with Crippen molar-refractivity contribution in [3.63, 3.8) is 0 Å². The van der Waals surface area contributed by atoms with Gasteiger partial charge < -0.3 is 10.6 Å². The first-order valence-corrected chi connectivity index (χ1v) is 7.28. The molecular weight excluding hydrogens is 351 g/mol. The van der Waals surface area contributed by atoms with Gasteiger partial charge in [-0.25, -0.2) is 0 Å². The maximum Gasteiger partial charge on any atom is 0.191 e. The number of hydrogen-bond acceptors (Lipinski definition) is 2. The fraction of sp³-hybridized carbons (Fsp3) is 0.929. The molecular formula is C14H31IN4.